The van der Waals surface area contributed by atoms with Crippen molar-refractivity contribution in [1.29, 1.82) is 0 Å². The molecule has 1 amide bonds. The van der Waals surface area contributed by atoms with Crippen molar-refractivity contribution in [3.63, 3.8) is 0 Å². The van der Waals surface area contributed by atoms with Crippen molar-refractivity contribution < 1.29 is 18.0 Å². The van der Waals surface area contributed by atoms with Gasteiger partial charge in [0.15, 0.2) is 0 Å². The van der Waals surface area contributed by atoms with Crippen molar-refractivity contribution in [1.82, 2.24) is 14.5 Å². The van der Waals surface area contributed by atoms with Crippen LogP contribution in [0, 0.1) is 0 Å². The third kappa shape index (κ3) is 4.86. The summed E-state index contributed by atoms with van der Waals surface area (Å²) in [6, 6.07) is 10.1. The fourth-order valence-corrected chi connectivity index (χ4v) is 3.39. The van der Waals surface area contributed by atoms with Gasteiger partial charge < -0.3 is 9.47 Å². The van der Waals surface area contributed by atoms with Gasteiger partial charge in [-0.1, -0.05) is 30.3 Å². The van der Waals surface area contributed by atoms with E-state index >= 15 is 0 Å². The van der Waals surface area contributed by atoms with Crippen LogP contribution in [0.2, 0.25) is 0 Å². The molecule has 0 saturated carbocycles. The first-order valence-corrected chi connectivity index (χ1v) is 8.82. The molecule has 2 heterocycles. The van der Waals surface area contributed by atoms with Crippen molar-refractivity contribution in [3.05, 3.63) is 54.1 Å². The topological polar surface area (TPSA) is 38.1 Å². The van der Waals surface area contributed by atoms with E-state index in [4.69, 9.17) is 0 Å². The Balaban J connectivity index is 1.56. The number of hydrogen-bond acceptors (Lipinski definition) is 2. The van der Waals surface area contributed by atoms with Crippen LogP contribution in [0.25, 0.3) is 0 Å². The highest BCUT2D eigenvalue weighted by Crippen LogP contribution is 2.28. The van der Waals surface area contributed by atoms with Gasteiger partial charge in [0.2, 0.25) is 5.91 Å². The van der Waals surface area contributed by atoms with Crippen molar-refractivity contribution in [2.24, 2.45) is 0 Å². The van der Waals surface area contributed by atoms with Gasteiger partial charge in [0, 0.05) is 44.4 Å². The fraction of sp³-hybridized carbons (Fsp3) is 0.474. The fourth-order valence-electron chi connectivity index (χ4n) is 3.39. The number of alkyl halides is 3. The summed E-state index contributed by atoms with van der Waals surface area (Å²) in [5, 5.41) is 0. The lowest BCUT2D eigenvalue weighted by atomic mass is 9.95. The lowest BCUT2D eigenvalue weighted by molar-refractivity contribution is -0.149. The molecule has 1 aromatic heterocycles. The number of imidazole rings is 1. The third-order valence-electron chi connectivity index (χ3n) is 4.78. The SMILES string of the molecule is O=C(CCC(F)(F)F)N1CCC(c2nccn2Cc2ccccc2)CC1. The lowest BCUT2D eigenvalue weighted by Gasteiger charge is -2.32. The van der Waals surface area contributed by atoms with Gasteiger partial charge in [-0.2, -0.15) is 13.2 Å². The number of aromatic nitrogens is 2. The molecule has 0 radical (unpaired) electrons. The zero-order chi connectivity index (χ0) is 18.6. The number of halogens is 3. The maximum absolute atomic E-state index is 12.3. The van der Waals surface area contributed by atoms with Crippen LogP contribution in [-0.2, 0) is 11.3 Å². The van der Waals surface area contributed by atoms with E-state index in [0.29, 0.717) is 13.1 Å². The summed E-state index contributed by atoms with van der Waals surface area (Å²) >= 11 is 0. The molecule has 4 nitrogen and oxygen atoms in total. The van der Waals surface area contributed by atoms with Gasteiger partial charge in [-0.05, 0) is 18.4 Å². The van der Waals surface area contributed by atoms with Gasteiger partial charge in [-0.25, -0.2) is 4.98 Å². The number of benzene rings is 1. The first-order valence-electron chi connectivity index (χ1n) is 8.82. The van der Waals surface area contributed by atoms with E-state index < -0.39 is 24.9 Å². The molecule has 2 aromatic rings. The minimum Gasteiger partial charge on any atom is -0.343 e. The van der Waals surface area contributed by atoms with Gasteiger partial charge >= 0.3 is 6.18 Å². The predicted molar refractivity (Wildman–Crippen MR) is 91.6 cm³/mol. The van der Waals surface area contributed by atoms with Gasteiger partial charge in [0.05, 0.1) is 6.42 Å². The molecule has 0 atom stereocenters. The Bertz CT molecular complexity index is 719. The lowest BCUT2D eigenvalue weighted by Crippen LogP contribution is -2.38. The number of hydrogen-bond donors (Lipinski definition) is 0. The number of piperidine rings is 1. The Morgan fingerprint density at radius 2 is 1.85 bits per heavy atom. The second-order valence-electron chi connectivity index (χ2n) is 6.67. The Morgan fingerprint density at radius 1 is 1.15 bits per heavy atom. The van der Waals surface area contributed by atoms with E-state index in [-0.39, 0.29) is 5.92 Å². The third-order valence-corrected chi connectivity index (χ3v) is 4.78. The summed E-state index contributed by atoms with van der Waals surface area (Å²) in [7, 11) is 0. The molecular weight excluding hydrogens is 343 g/mol. The number of amides is 1. The molecular formula is C19H22F3N3O. The number of likely N-dealkylation sites (tertiary alicyclic amines) is 1. The molecule has 1 fully saturated rings. The highest BCUT2D eigenvalue weighted by atomic mass is 19.4. The van der Waals surface area contributed by atoms with E-state index in [0.717, 1.165) is 25.2 Å². The number of carbonyl (C=O) groups is 1. The normalized spacial score (nSPS) is 16.0. The zero-order valence-corrected chi connectivity index (χ0v) is 14.5. The molecule has 26 heavy (non-hydrogen) atoms. The molecule has 0 N–H and O–H groups in total. The van der Waals surface area contributed by atoms with Gasteiger partial charge in [0.1, 0.15) is 5.82 Å². The molecule has 1 aliphatic rings. The van der Waals surface area contributed by atoms with Crippen molar-refractivity contribution in [2.45, 2.75) is 44.3 Å². The van der Waals surface area contributed by atoms with Crippen molar-refractivity contribution >= 4 is 5.91 Å². The van der Waals surface area contributed by atoms with Crippen LogP contribution in [0.3, 0.4) is 0 Å². The minimum atomic E-state index is -4.28. The highest BCUT2D eigenvalue weighted by Gasteiger charge is 2.31. The number of nitrogens with zero attached hydrogens (tertiary/aromatic N) is 3. The summed E-state index contributed by atoms with van der Waals surface area (Å²) in [6.45, 7) is 1.71. The average molecular weight is 365 g/mol. The van der Waals surface area contributed by atoms with Crippen LogP contribution in [0.1, 0.15) is 43.0 Å². The van der Waals surface area contributed by atoms with Gasteiger partial charge in [-0.3, -0.25) is 4.79 Å². The average Bonchev–Trinajstić information content (AvgIpc) is 3.08. The Hall–Kier alpha value is -2.31. The van der Waals surface area contributed by atoms with E-state index in [1.54, 1.807) is 11.1 Å². The molecule has 7 heteroatoms. The Labute approximate surface area is 150 Å². The van der Waals surface area contributed by atoms with E-state index in [1.165, 1.54) is 5.56 Å². The highest BCUT2D eigenvalue weighted by molar-refractivity contribution is 5.76. The second-order valence-corrected chi connectivity index (χ2v) is 6.67. The molecule has 3 rings (SSSR count). The summed E-state index contributed by atoms with van der Waals surface area (Å²) in [5.74, 6) is 0.796. The standard InChI is InChI=1S/C19H22F3N3O/c20-19(21,22)9-6-17(26)24-11-7-16(8-12-24)18-23-10-13-25(18)14-15-4-2-1-3-5-15/h1-5,10,13,16H,6-9,11-12,14H2. The molecule has 0 bridgehead atoms. The molecule has 140 valence electrons. The summed E-state index contributed by atoms with van der Waals surface area (Å²) < 4.78 is 38.9. The maximum atomic E-state index is 12.3. The van der Waals surface area contributed by atoms with E-state index in [2.05, 4.69) is 21.7 Å². The van der Waals surface area contributed by atoms with Crippen molar-refractivity contribution in [3.8, 4) is 0 Å². The largest absolute Gasteiger partial charge is 0.389 e. The first kappa shape index (κ1) is 18.5. The van der Waals surface area contributed by atoms with Crippen molar-refractivity contribution in [2.75, 3.05) is 13.1 Å². The Kier molecular flexibility index (Phi) is 5.64. The van der Waals surface area contributed by atoms with Gasteiger partial charge in [0.25, 0.3) is 0 Å². The van der Waals surface area contributed by atoms with E-state index in [1.807, 2.05) is 24.4 Å². The molecule has 0 aliphatic carbocycles. The van der Waals surface area contributed by atoms with Crippen LogP contribution in [0.15, 0.2) is 42.7 Å². The molecule has 1 aromatic carbocycles. The monoisotopic (exact) mass is 365 g/mol. The smallest absolute Gasteiger partial charge is 0.343 e. The number of carbonyl (C=O) groups excluding carboxylic acids is 1. The predicted octanol–water partition coefficient (Wildman–Crippen LogP) is 3.98. The summed E-state index contributed by atoms with van der Waals surface area (Å²) in [4.78, 5) is 18.0. The number of rotatable bonds is 5. The quantitative estimate of drug-likeness (QED) is 0.804. The van der Waals surface area contributed by atoms with Crippen LogP contribution >= 0.6 is 0 Å². The van der Waals surface area contributed by atoms with Gasteiger partial charge in [-0.15, -0.1) is 0 Å². The van der Waals surface area contributed by atoms with Crippen LogP contribution in [-0.4, -0.2) is 39.6 Å². The summed E-state index contributed by atoms with van der Waals surface area (Å²) in [6.07, 6.45) is -0.615. The molecule has 1 aliphatic heterocycles. The molecule has 0 spiro atoms. The van der Waals surface area contributed by atoms with E-state index in [9.17, 15) is 18.0 Å². The molecule has 0 unspecified atom stereocenters. The second kappa shape index (κ2) is 7.93. The van der Waals surface area contributed by atoms with Crippen LogP contribution < -0.4 is 0 Å². The first-order chi connectivity index (χ1) is 12.4. The minimum absolute atomic E-state index is 0.223. The van der Waals surface area contributed by atoms with Crippen LogP contribution in [0.5, 0.6) is 0 Å². The van der Waals surface area contributed by atoms with Crippen LogP contribution in [0.4, 0.5) is 13.2 Å². The molecule has 1 saturated heterocycles. The summed E-state index contributed by atoms with van der Waals surface area (Å²) in [5.41, 5.74) is 1.19. The maximum Gasteiger partial charge on any atom is 0.389 e. The Morgan fingerprint density at radius 3 is 2.50 bits per heavy atom. The zero-order valence-electron chi connectivity index (χ0n) is 14.5.